The van der Waals surface area contributed by atoms with Gasteiger partial charge in [0, 0.05) is 6.54 Å². The zero-order valence-electron chi connectivity index (χ0n) is 8.02. The molecule has 0 unspecified atom stereocenters. The van der Waals surface area contributed by atoms with Crippen LogP contribution < -0.4 is 5.32 Å². The van der Waals surface area contributed by atoms with Crippen LogP contribution in [0.2, 0.25) is 5.15 Å². The SMILES string of the molecule is O=[N+]([O-])c1cnn([C@@H]2CCCNC2)c1Cl. The average molecular weight is 231 g/mol. The third-order valence-corrected chi connectivity index (χ3v) is 2.90. The van der Waals surface area contributed by atoms with Gasteiger partial charge < -0.3 is 5.32 Å². The molecule has 0 aromatic carbocycles. The third kappa shape index (κ3) is 1.95. The van der Waals surface area contributed by atoms with Gasteiger partial charge >= 0.3 is 5.69 Å². The average Bonchev–Trinajstić information content (AvgIpc) is 2.61. The molecule has 2 heterocycles. The van der Waals surface area contributed by atoms with E-state index in [4.69, 9.17) is 11.6 Å². The van der Waals surface area contributed by atoms with E-state index in [1.807, 2.05) is 0 Å². The largest absolute Gasteiger partial charge is 0.325 e. The molecule has 1 atom stereocenters. The predicted octanol–water partition coefficient (Wildman–Crippen LogP) is 1.37. The zero-order valence-corrected chi connectivity index (χ0v) is 8.78. The topological polar surface area (TPSA) is 73.0 Å². The summed E-state index contributed by atoms with van der Waals surface area (Å²) in [7, 11) is 0. The molecule has 1 fully saturated rings. The molecule has 0 radical (unpaired) electrons. The van der Waals surface area contributed by atoms with E-state index >= 15 is 0 Å². The second-order valence-corrected chi connectivity index (χ2v) is 3.88. The molecule has 82 valence electrons. The van der Waals surface area contributed by atoms with Gasteiger partial charge in [0.05, 0.1) is 11.0 Å². The lowest BCUT2D eigenvalue weighted by Crippen LogP contribution is -2.32. The minimum atomic E-state index is -0.512. The molecular weight excluding hydrogens is 220 g/mol. The Kier molecular flexibility index (Phi) is 2.88. The van der Waals surface area contributed by atoms with Gasteiger partial charge in [-0.15, -0.1) is 0 Å². The quantitative estimate of drug-likeness (QED) is 0.615. The Hall–Kier alpha value is -1.14. The van der Waals surface area contributed by atoms with Crippen molar-refractivity contribution < 1.29 is 4.92 Å². The van der Waals surface area contributed by atoms with Gasteiger partial charge in [0.1, 0.15) is 6.20 Å². The number of nitrogens with one attached hydrogen (secondary N) is 1. The molecule has 1 aromatic rings. The molecule has 0 amide bonds. The maximum atomic E-state index is 10.6. The first kappa shape index (κ1) is 10.4. The fourth-order valence-electron chi connectivity index (χ4n) is 1.76. The highest BCUT2D eigenvalue weighted by molar-refractivity contribution is 6.31. The van der Waals surface area contributed by atoms with Gasteiger partial charge in [0.25, 0.3) is 0 Å². The molecule has 6 nitrogen and oxygen atoms in total. The van der Waals surface area contributed by atoms with Crippen LogP contribution in [0, 0.1) is 10.1 Å². The molecule has 0 spiro atoms. The van der Waals surface area contributed by atoms with Crippen molar-refractivity contribution in [2.24, 2.45) is 0 Å². The Morgan fingerprint density at radius 3 is 3.07 bits per heavy atom. The van der Waals surface area contributed by atoms with Gasteiger partial charge in [-0.05, 0) is 19.4 Å². The number of aromatic nitrogens is 2. The van der Waals surface area contributed by atoms with Crippen molar-refractivity contribution >= 4 is 17.3 Å². The van der Waals surface area contributed by atoms with Crippen LogP contribution in [0.1, 0.15) is 18.9 Å². The summed E-state index contributed by atoms with van der Waals surface area (Å²) in [5.74, 6) is 0. The van der Waals surface area contributed by atoms with E-state index in [0.29, 0.717) is 0 Å². The van der Waals surface area contributed by atoms with Crippen LogP contribution in [-0.4, -0.2) is 27.8 Å². The van der Waals surface area contributed by atoms with Crippen molar-refractivity contribution in [3.63, 3.8) is 0 Å². The van der Waals surface area contributed by atoms with Crippen molar-refractivity contribution in [3.05, 3.63) is 21.5 Å². The van der Waals surface area contributed by atoms with Crippen molar-refractivity contribution in [2.45, 2.75) is 18.9 Å². The summed E-state index contributed by atoms with van der Waals surface area (Å²) in [6.07, 6.45) is 3.19. The summed E-state index contributed by atoms with van der Waals surface area (Å²) in [6, 6.07) is 0.125. The van der Waals surface area contributed by atoms with E-state index in [2.05, 4.69) is 10.4 Å². The fourth-order valence-corrected chi connectivity index (χ4v) is 2.06. The maximum Gasteiger partial charge on any atom is 0.325 e. The van der Waals surface area contributed by atoms with Crippen LogP contribution in [0.4, 0.5) is 5.69 Å². The number of rotatable bonds is 2. The van der Waals surface area contributed by atoms with Gasteiger partial charge in [0.2, 0.25) is 5.15 Å². The minimum Gasteiger partial charge on any atom is -0.315 e. The van der Waals surface area contributed by atoms with Gasteiger partial charge in [-0.25, -0.2) is 4.68 Å². The number of piperidine rings is 1. The van der Waals surface area contributed by atoms with E-state index in [1.165, 1.54) is 10.9 Å². The van der Waals surface area contributed by atoms with E-state index in [9.17, 15) is 10.1 Å². The lowest BCUT2D eigenvalue weighted by Gasteiger charge is -2.23. The summed E-state index contributed by atoms with van der Waals surface area (Å²) in [5.41, 5.74) is -0.123. The number of nitro groups is 1. The molecule has 2 rings (SSSR count). The van der Waals surface area contributed by atoms with Crippen molar-refractivity contribution in [3.8, 4) is 0 Å². The fraction of sp³-hybridized carbons (Fsp3) is 0.625. The third-order valence-electron chi connectivity index (χ3n) is 2.53. The molecule has 7 heteroatoms. The predicted molar refractivity (Wildman–Crippen MR) is 55.0 cm³/mol. The first-order chi connectivity index (χ1) is 7.20. The zero-order chi connectivity index (χ0) is 10.8. The molecule has 1 aromatic heterocycles. The molecule has 1 saturated heterocycles. The highest BCUT2D eigenvalue weighted by Gasteiger charge is 2.24. The van der Waals surface area contributed by atoms with Crippen LogP contribution in [0.5, 0.6) is 0 Å². The standard InChI is InChI=1S/C8H11ClN4O2/c9-8-7(13(14)15)5-11-12(8)6-2-1-3-10-4-6/h5-6,10H,1-4H2/t6-/m1/s1. The van der Waals surface area contributed by atoms with E-state index in [0.717, 1.165) is 25.9 Å². The lowest BCUT2D eigenvalue weighted by atomic mass is 10.1. The van der Waals surface area contributed by atoms with Gasteiger partial charge in [-0.1, -0.05) is 11.6 Å². The van der Waals surface area contributed by atoms with Crippen LogP contribution in [0.3, 0.4) is 0 Å². The van der Waals surface area contributed by atoms with Crippen LogP contribution in [-0.2, 0) is 0 Å². The number of hydrogen-bond acceptors (Lipinski definition) is 4. The Balaban J connectivity index is 2.24. The highest BCUT2D eigenvalue weighted by Crippen LogP contribution is 2.28. The molecule has 1 aliphatic rings. The summed E-state index contributed by atoms with van der Waals surface area (Å²) in [5, 5.41) is 17.9. The summed E-state index contributed by atoms with van der Waals surface area (Å²) in [4.78, 5) is 10.1. The van der Waals surface area contributed by atoms with Gasteiger partial charge in [0.15, 0.2) is 0 Å². The summed E-state index contributed by atoms with van der Waals surface area (Å²) < 4.78 is 1.53. The molecule has 15 heavy (non-hydrogen) atoms. The van der Waals surface area contributed by atoms with Crippen molar-refractivity contribution in [1.82, 2.24) is 15.1 Å². The van der Waals surface area contributed by atoms with Crippen molar-refractivity contribution in [2.75, 3.05) is 13.1 Å². The van der Waals surface area contributed by atoms with Crippen molar-refractivity contribution in [1.29, 1.82) is 0 Å². The number of nitrogens with zero attached hydrogens (tertiary/aromatic N) is 3. The first-order valence-electron chi connectivity index (χ1n) is 4.78. The molecule has 1 aliphatic heterocycles. The number of hydrogen-bond donors (Lipinski definition) is 1. The molecule has 0 saturated carbocycles. The monoisotopic (exact) mass is 230 g/mol. The minimum absolute atomic E-state index is 0.119. The van der Waals surface area contributed by atoms with Crippen LogP contribution >= 0.6 is 11.6 Å². The molecule has 0 bridgehead atoms. The summed E-state index contributed by atoms with van der Waals surface area (Å²) in [6.45, 7) is 1.75. The Morgan fingerprint density at radius 2 is 2.53 bits per heavy atom. The second kappa shape index (κ2) is 4.16. The smallest absolute Gasteiger partial charge is 0.315 e. The second-order valence-electron chi connectivity index (χ2n) is 3.52. The van der Waals surface area contributed by atoms with Gasteiger partial charge in [-0.2, -0.15) is 5.10 Å². The Bertz CT molecular complexity index is 373. The Labute approximate surface area is 91.4 Å². The summed E-state index contributed by atoms with van der Waals surface area (Å²) >= 11 is 5.88. The van der Waals surface area contributed by atoms with E-state index < -0.39 is 4.92 Å². The van der Waals surface area contributed by atoms with Crippen LogP contribution in [0.25, 0.3) is 0 Å². The maximum absolute atomic E-state index is 10.6. The lowest BCUT2D eigenvalue weighted by molar-refractivity contribution is -0.384. The van der Waals surface area contributed by atoms with E-state index in [1.54, 1.807) is 0 Å². The molecule has 0 aliphatic carbocycles. The number of halogens is 1. The highest BCUT2D eigenvalue weighted by atomic mass is 35.5. The van der Waals surface area contributed by atoms with Crippen LogP contribution in [0.15, 0.2) is 6.20 Å². The normalized spacial score (nSPS) is 21.5. The van der Waals surface area contributed by atoms with E-state index in [-0.39, 0.29) is 16.9 Å². The van der Waals surface area contributed by atoms with Gasteiger partial charge in [-0.3, -0.25) is 10.1 Å². The molecular formula is C8H11ClN4O2. The first-order valence-corrected chi connectivity index (χ1v) is 5.16. The Morgan fingerprint density at radius 1 is 1.73 bits per heavy atom. The molecule has 1 N–H and O–H groups in total.